The summed E-state index contributed by atoms with van der Waals surface area (Å²) in [6.07, 6.45) is 2.79. The Bertz CT molecular complexity index is 514. The quantitative estimate of drug-likeness (QED) is 0.653. The van der Waals surface area contributed by atoms with Crippen LogP contribution < -0.4 is 5.56 Å². The van der Waals surface area contributed by atoms with Crippen molar-refractivity contribution < 1.29 is 0 Å². The van der Waals surface area contributed by atoms with Crippen LogP contribution in [0, 0.1) is 0 Å². The minimum absolute atomic E-state index is 0.159. The van der Waals surface area contributed by atoms with Crippen LogP contribution in [0.15, 0.2) is 41.8 Å². The highest BCUT2D eigenvalue weighted by molar-refractivity contribution is 5.75. The van der Waals surface area contributed by atoms with Crippen molar-refractivity contribution in [1.29, 1.82) is 0 Å². The van der Waals surface area contributed by atoms with Crippen molar-refractivity contribution >= 4 is 17.2 Å². The van der Waals surface area contributed by atoms with E-state index >= 15 is 0 Å². The average Bonchev–Trinajstić information content (AvgIpc) is 2.18. The normalized spacial score (nSPS) is 10.2. The van der Waals surface area contributed by atoms with Gasteiger partial charge in [-0.15, -0.1) is 0 Å². The van der Waals surface area contributed by atoms with E-state index in [2.05, 4.69) is 11.6 Å². The molecule has 0 aliphatic carbocycles. The molecule has 3 heteroatoms. The van der Waals surface area contributed by atoms with Crippen LogP contribution in [0.4, 0.5) is 0 Å². The standard InChI is InChI=1S/C10H8N2O/c1-2-12-9-6-4-3-5-8(9)11-7-10(12)13/h2-7H,1H2. The highest BCUT2D eigenvalue weighted by atomic mass is 16.1. The molecule has 0 aliphatic rings. The average molecular weight is 172 g/mol. The first kappa shape index (κ1) is 7.73. The first-order chi connectivity index (χ1) is 6.33. The summed E-state index contributed by atoms with van der Waals surface area (Å²) in [5.74, 6) is 0. The highest BCUT2D eigenvalue weighted by Gasteiger charge is 1.98. The lowest BCUT2D eigenvalue weighted by Crippen LogP contribution is -2.15. The lowest BCUT2D eigenvalue weighted by molar-refractivity contribution is 1.08. The van der Waals surface area contributed by atoms with Crippen LogP contribution in [0.1, 0.15) is 0 Å². The molecule has 2 aromatic rings. The van der Waals surface area contributed by atoms with E-state index in [4.69, 9.17) is 0 Å². The maximum absolute atomic E-state index is 11.3. The molecule has 0 aliphatic heterocycles. The molecule has 0 saturated carbocycles. The molecule has 64 valence electrons. The summed E-state index contributed by atoms with van der Waals surface area (Å²) in [5, 5.41) is 0. The largest absolute Gasteiger partial charge is 0.281 e. The van der Waals surface area contributed by atoms with Gasteiger partial charge < -0.3 is 0 Å². The Morgan fingerprint density at radius 3 is 2.92 bits per heavy atom. The summed E-state index contributed by atoms with van der Waals surface area (Å²) < 4.78 is 1.47. The molecule has 13 heavy (non-hydrogen) atoms. The van der Waals surface area contributed by atoms with Crippen LogP contribution in [-0.4, -0.2) is 9.55 Å². The van der Waals surface area contributed by atoms with Crippen LogP contribution >= 0.6 is 0 Å². The third-order valence-electron chi connectivity index (χ3n) is 1.88. The Labute approximate surface area is 75.0 Å². The van der Waals surface area contributed by atoms with Gasteiger partial charge in [-0.05, 0) is 12.1 Å². The van der Waals surface area contributed by atoms with Gasteiger partial charge in [0.2, 0.25) is 0 Å². The molecule has 0 saturated heterocycles. The van der Waals surface area contributed by atoms with Crippen LogP contribution in [0.25, 0.3) is 17.2 Å². The number of rotatable bonds is 1. The molecule has 0 N–H and O–H groups in total. The number of aromatic nitrogens is 2. The highest BCUT2D eigenvalue weighted by Crippen LogP contribution is 2.07. The molecule has 0 unspecified atom stereocenters. The van der Waals surface area contributed by atoms with E-state index in [1.165, 1.54) is 17.0 Å². The summed E-state index contributed by atoms with van der Waals surface area (Å²) in [6, 6.07) is 7.44. The van der Waals surface area contributed by atoms with Gasteiger partial charge in [-0.2, -0.15) is 0 Å². The number of hydrogen-bond donors (Lipinski definition) is 0. The maximum atomic E-state index is 11.3. The summed E-state index contributed by atoms with van der Waals surface area (Å²) >= 11 is 0. The summed E-state index contributed by atoms with van der Waals surface area (Å²) in [4.78, 5) is 15.3. The second-order valence-electron chi connectivity index (χ2n) is 2.64. The van der Waals surface area contributed by atoms with Gasteiger partial charge in [0.1, 0.15) is 0 Å². The van der Waals surface area contributed by atoms with Crippen molar-refractivity contribution in [3.05, 3.63) is 47.4 Å². The number of hydrogen-bond acceptors (Lipinski definition) is 2. The van der Waals surface area contributed by atoms with Gasteiger partial charge in [0.25, 0.3) is 5.56 Å². The smallest absolute Gasteiger partial charge is 0.273 e. The molecule has 1 aromatic carbocycles. The van der Waals surface area contributed by atoms with Crippen LogP contribution in [0.5, 0.6) is 0 Å². The van der Waals surface area contributed by atoms with E-state index in [9.17, 15) is 4.79 Å². The molecule has 0 bridgehead atoms. The fourth-order valence-corrected chi connectivity index (χ4v) is 1.27. The van der Waals surface area contributed by atoms with Crippen molar-refractivity contribution in [2.24, 2.45) is 0 Å². The minimum Gasteiger partial charge on any atom is -0.281 e. The van der Waals surface area contributed by atoms with Gasteiger partial charge in [0, 0.05) is 6.20 Å². The lowest BCUT2D eigenvalue weighted by atomic mass is 10.3. The SMILES string of the molecule is C=Cn1c(=O)cnc2ccccc21. The van der Waals surface area contributed by atoms with Crippen LogP contribution in [-0.2, 0) is 0 Å². The molecule has 1 aromatic heterocycles. The molecule has 0 amide bonds. The van der Waals surface area contributed by atoms with Crippen molar-refractivity contribution in [3.8, 4) is 0 Å². The topological polar surface area (TPSA) is 34.9 Å². The number of para-hydroxylation sites is 2. The summed E-state index contributed by atoms with van der Waals surface area (Å²) in [6.45, 7) is 3.58. The molecular weight excluding hydrogens is 164 g/mol. The van der Waals surface area contributed by atoms with E-state index in [0.29, 0.717) is 0 Å². The Morgan fingerprint density at radius 1 is 1.38 bits per heavy atom. The second-order valence-corrected chi connectivity index (χ2v) is 2.64. The Hall–Kier alpha value is -1.90. The summed E-state index contributed by atoms with van der Waals surface area (Å²) in [7, 11) is 0. The van der Waals surface area contributed by atoms with Gasteiger partial charge in [-0.1, -0.05) is 18.7 Å². The number of benzene rings is 1. The molecular formula is C10H8N2O. The predicted molar refractivity (Wildman–Crippen MR) is 52.4 cm³/mol. The molecule has 1 heterocycles. The van der Waals surface area contributed by atoms with E-state index in [0.717, 1.165) is 11.0 Å². The second kappa shape index (κ2) is 2.86. The molecule has 0 spiro atoms. The zero-order valence-corrected chi connectivity index (χ0v) is 6.97. The van der Waals surface area contributed by atoms with E-state index in [-0.39, 0.29) is 5.56 Å². The Balaban J connectivity index is 3.00. The fraction of sp³-hybridized carbons (Fsp3) is 0. The third-order valence-corrected chi connectivity index (χ3v) is 1.88. The van der Waals surface area contributed by atoms with Crippen LogP contribution in [0.3, 0.4) is 0 Å². The molecule has 2 rings (SSSR count). The van der Waals surface area contributed by atoms with Gasteiger partial charge in [-0.25, -0.2) is 4.98 Å². The first-order valence-corrected chi connectivity index (χ1v) is 3.92. The van der Waals surface area contributed by atoms with Gasteiger partial charge in [0.15, 0.2) is 0 Å². The first-order valence-electron chi connectivity index (χ1n) is 3.92. The minimum atomic E-state index is -0.159. The number of fused-ring (bicyclic) bond motifs is 1. The predicted octanol–water partition coefficient (Wildman–Crippen LogP) is 1.50. The van der Waals surface area contributed by atoms with Gasteiger partial charge in [0.05, 0.1) is 17.2 Å². The van der Waals surface area contributed by atoms with Gasteiger partial charge in [-0.3, -0.25) is 9.36 Å². The maximum Gasteiger partial charge on any atom is 0.273 e. The van der Waals surface area contributed by atoms with Gasteiger partial charge >= 0.3 is 0 Å². The molecule has 0 atom stereocenters. The Morgan fingerprint density at radius 2 is 2.15 bits per heavy atom. The zero-order valence-electron chi connectivity index (χ0n) is 6.97. The summed E-state index contributed by atoms with van der Waals surface area (Å²) in [5.41, 5.74) is 1.42. The van der Waals surface area contributed by atoms with Crippen molar-refractivity contribution in [2.75, 3.05) is 0 Å². The fourth-order valence-electron chi connectivity index (χ4n) is 1.27. The lowest BCUT2D eigenvalue weighted by Gasteiger charge is -2.02. The van der Waals surface area contributed by atoms with Crippen molar-refractivity contribution in [3.63, 3.8) is 0 Å². The van der Waals surface area contributed by atoms with E-state index in [1.54, 1.807) is 0 Å². The van der Waals surface area contributed by atoms with Crippen molar-refractivity contribution in [1.82, 2.24) is 9.55 Å². The number of nitrogens with zero attached hydrogens (tertiary/aromatic N) is 2. The Kier molecular flexibility index (Phi) is 1.70. The monoisotopic (exact) mass is 172 g/mol. The zero-order chi connectivity index (χ0) is 9.26. The van der Waals surface area contributed by atoms with Crippen LogP contribution in [0.2, 0.25) is 0 Å². The third kappa shape index (κ3) is 1.14. The van der Waals surface area contributed by atoms with E-state index in [1.807, 2.05) is 24.3 Å². The molecule has 3 nitrogen and oxygen atoms in total. The van der Waals surface area contributed by atoms with Crippen molar-refractivity contribution in [2.45, 2.75) is 0 Å². The molecule has 0 radical (unpaired) electrons. The molecule has 0 fully saturated rings. The van der Waals surface area contributed by atoms with E-state index < -0.39 is 0 Å².